The summed E-state index contributed by atoms with van der Waals surface area (Å²) in [4.78, 5) is 23.4. The fourth-order valence-corrected chi connectivity index (χ4v) is 3.79. The molecule has 2 aromatic rings. The van der Waals surface area contributed by atoms with Gasteiger partial charge in [0.15, 0.2) is 11.5 Å². The zero-order valence-corrected chi connectivity index (χ0v) is 20.1. The number of carbonyl (C=O) groups is 1. The highest BCUT2D eigenvalue weighted by molar-refractivity contribution is 5.91. The summed E-state index contributed by atoms with van der Waals surface area (Å²) in [6.07, 6.45) is 5.04. The minimum Gasteiger partial charge on any atom is -0.493 e. The molecule has 0 radical (unpaired) electrons. The number of nitrogens with two attached hydrogens (primary N) is 1. The fraction of sp³-hybridized carbons (Fsp3) is 0.440. The van der Waals surface area contributed by atoms with E-state index in [1.165, 1.54) is 0 Å². The molecular weight excluding hydrogens is 418 g/mol. The lowest BCUT2D eigenvalue weighted by molar-refractivity contribution is -0.125. The number of piperazine rings is 1. The fourth-order valence-electron chi connectivity index (χ4n) is 3.79. The van der Waals surface area contributed by atoms with Gasteiger partial charge in [-0.3, -0.25) is 9.69 Å². The number of hydrogen-bond acceptors (Lipinski definition) is 7. The molecule has 1 amide bonds. The highest BCUT2D eigenvalue weighted by Gasteiger charge is 2.16. The molecule has 0 saturated carbocycles. The summed E-state index contributed by atoms with van der Waals surface area (Å²) >= 11 is 0. The summed E-state index contributed by atoms with van der Waals surface area (Å²) in [6.45, 7) is 7.72. The zero-order valence-electron chi connectivity index (χ0n) is 20.1. The monoisotopic (exact) mass is 453 g/mol. The Morgan fingerprint density at radius 2 is 2.00 bits per heavy atom. The van der Waals surface area contributed by atoms with Crippen LogP contribution in [-0.2, 0) is 17.9 Å². The second-order valence-corrected chi connectivity index (χ2v) is 8.30. The molecular formula is C25H35N5O3. The van der Waals surface area contributed by atoms with E-state index in [4.69, 9.17) is 15.2 Å². The standard InChI is InChI=1S/C25H35N5O3/c1-5-33-24-20(7-6-8-22(24)32-4)17-29(3)23(31)10-9-19-15-21(25(26)27-16-19)18-30-13-11-28(2)12-14-30/h6-10,15-16H,5,11-14,17-18H2,1-4H3,(H2,26,27). The lowest BCUT2D eigenvalue weighted by Gasteiger charge is -2.32. The quantitative estimate of drug-likeness (QED) is 0.584. The molecule has 8 heteroatoms. The van der Waals surface area contributed by atoms with Gasteiger partial charge in [0.25, 0.3) is 0 Å². The molecule has 0 atom stereocenters. The number of likely N-dealkylation sites (N-methyl/N-ethyl adjacent to an activating group) is 2. The van der Waals surface area contributed by atoms with Crippen LogP contribution in [0.25, 0.3) is 6.08 Å². The van der Waals surface area contributed by atoms with Crippen molar-refractivity contribution in [1.29, 1.82) is 0 Å². The second-order valence-electron chi connectivity index (χ2n) is 8.30. The number of pyridine rings is 1. The van der Waals surface area contributed by atoms with E-state index in [2.05, 4.69) is 21.8 Å². The molecule has 3 rings (SSSR count). The van der Waals surface area contributed by atoms with Crippen LogP contribution in [0.5, 0.6) is 11.5 Å². The Labute approximate surface area is 196 Å². The van der Waals surface area contributed by atoms with Crippen LogP contribution in [0.1, 0.15) is 23.6 Å². The molecule has 33 heavy (non-hydrogen) atoms. The van der Waals surface area contributed by atoms with Gasteiger partial charge in [-0.05, 0) is 37.7 Å². The van der Waals surface area contributed by atoms with Crippen molar-refractivity contribution in [3.05, 3.63) is 53.2 Å². The van der Waals surface area contributed by atoms with E-state index in [9.17, 15) is 4.79 Å². The third kappa shape index (κ3) is 6.69. The van der Waals surface area contributed by atoms with Crippen LogP contribution >= 0.6 is 0 Å². The Morgan fingerprint density at radius 1 is 1.24 bits per heavy atom. The number of methoxy groups -OCH3 is 1. The number of amides is 1. The summed E-state index contributed by atoms with van der Waals surface area (Å²) in [7, 11) is 5.51. The van der Waals surface area contributed by atoms with Gasteiger partial charge in [0.2, 0.25) is 5.91 Å². The van der Waals surface area contributed by atoms with E-state index in [1.54, 1.807) is 37.4 Å². The molecule has 1 aromatic carbocycles. The van der Waals surface area contributed by atoms with E-state index in [-0.39, 0.29) is 5.91 Å². The van der Waals surface area contributed by atoms with Crippen molar-refractivity contribution in [3.8, 4) is 11.5 Å². The Hall–Kier alpha value is -3.10. The predicted octanol–water partition coefficient (Wildman–Crippen LogP) is 2.49. The van der Waals surface area contributed by atoms with Crippen LogP contribution in [0.2, 0.25) is 0 Å². The molecule has 8 nitrogen and oxygen atoms in total. The largest absolute Gasteiger partial charge is 0.493 e. The normalized spacial score (nSPS) is 15.0. The Morgan fingerprint density at radius 3 is 2.70 bits per heavy atom. The molecule has 0 spiro atoms. The van der Waals surface area contributed by atoms with E-state index in [0.717, 1.165) is 49.4 Å². The van der Waals surface area contributed by atoms with Crippen LogP contribution in [0.4, 0.5) is 5.82 Å². The SMILES string of the molecule is CCOc1c(CN(C)C(=O)C=Cc2cnc(N)c(CN3CCN(C)CC3)c2)cccc1OC. The van der Waals surface area contributed by atoms with Crippen LogP contribution < -0.4 is 15.2 Å². The molecule has 1 saturated heterocycles. The van der Waals surface area contributed by atoms with Crippen molar-refractivity contribution in [2.75, 3.05) is 59.7 Å². The number of rotatable bonds is 9. The molecule has 1 fully saturated rings. The average molecular weight is 454 g/mol. The smallest absolute Gasteiger partial charge is 0.246 e. The van der Waals surface area contributed by atoms with Gasteiger partial charge >= 0.3 is 0 Å². The third-order valence-electron chi connectivity index (χ3n) is 5.78. The third-order valence-corrected chi connectivity index (χ3v) is 5.78. The van der Waals surface area contributed by atoms with Gasteiger partial charge < -0.3 is 25.0 Å². The summed E-state index contributed by atoms with van der Waals surface area (Å²) in [6, 6.07) is 7.70. The number of ether oxygens (including phenoxy) is 2. The molecule has 0 bridgehead atoms. The number of benzene rings is 1. The topological polar surface area (TPSA) is 84.2 Å². The van der Waals surface area contributed by atoms with E-state index in [1.807, 2.05) is 31.2 Å². The van der Waals surface area contributed by atoms with Crippen LogP contribution in [0.15, 0.2) is 36.5 Å². The minimum atomic E-state index is -0.113. The van der Waals surface area contributed by atoms with E-state index in [0.29, 0.717) is 30.5 Å². The lowest BCUT2D eigenvalue weighted by atomic mass is 10.1. The van der Waals surface area contributed by atoms with Crippen molar-refractivity contribution >= 4 is 17.8 Å². The molecule has 1 aliphatic rings. The average Bonchev–Trinajstić information content (AvgIpc) is 2.81. The number of anilines is 1. The van der Waals surface area contributed by atoms with Gasteiger partial charge in [0, 0.05) is 69.7 Å². The van der Waals surface area contributed by atoms with Crippen LogP contribution in [0, 0.1) is 0 Å². The van der Waals surface area contributed by atoms with Crippen LogP contribution in [-0.4, -0.2) is 79.6 Å². The van der Waals surface area contributed by atoms with Crippen LogP contribution in [0.3, 0.4) is 0 Å². The lowest BCUT2D eigenvalue weighted by Crippen LogP contribution is -2.44. The maximum atomic E-state index is 12.8. The number of para-hydroxylation sites is 1. The van der Waals surface area contributed by atoms with E-state index < -0.39 is 0 Å². The van der Waals surface area contributed by atoms with Gasteiger partial charge in [-0.1, -0.05) is 12.1 Å². The van der Waals surface area contributed by atoms with Gasteiger partial charge in [-0.15, -0.1) is 0 Å². The number of nitrogens with zero attached hydrogens (tertiary/aromatic N) is 4. The maximum absolute atomic E-state index is 12.8. The molecule has 178 valence electrons. The summed E-state index contributed by atoms with van der Waals surface area (Å²) in [5, 5.41) is 0. The highest BCUT2D eigenvalue weighted by atomic mass is 16.5. The highest BCUT2D eigenvalue weighted by Crippen LogP contribution is 2.31. The first-order valence-corrected chi connectivity index (χ1v) is 11.3. The number of aromatic nitrogens is 1. The second kappa shape index (κ2) is 11.7. The maximum Gasteiger partial charge on any atom is 0.246 e. The summed E-state index contributed by atoms with van der Waals surface area (Å²) in [5.74, 6) is 1.75. The Balaban J connectivity index is 1.65. The Kier molecular flexibility index (Phi) is 8.68. The summed E-state index contributed by atoms with van der Waals surface area (Å²) < 4.78 is 11.2. The number of nitrogen functional groups attached to an aromatic ring is 1. The molecule has 0 aliphatic carbocycles. The van der Waals surface area contributed by atoms with Gasteiger partial charge in [-0.25, -0.2) is 4.98 Å². The van der Waals surface area contributed by atoms with Gasteiger partial charge in [0.05, 0.1) is 13.7 Å². The minimum absolute atomic E-state index is 0.113. The summed E-state index contributed by atoms with van der Waals surface area (Å²) in [5.41, 5.74) is 8.85. The van der Waals surface area contributed by atoms with Crippen molar-refractivity contribution in [3.63, 3.8) is 0 Å². The first kappa shape index (κ1) is 24.5. The predicted molar refractivity (Wildman–Crippen MR) is 131 cm³/mol. The molecule has 1 aliphatic heterocycles. The molecule has 2 heterocycles. The van der Waals surface area contributed by atoms with Crippen molar-refractivity contribution in [1.82, 2.24) is 19.7 Å². The van der Waals surface area contributed by atoms with Crippen molar-refractivity contribution in [2.45, 2.75) is 20.0 Å². The first-order valence-electron chi connectivity index (χ1n) is 11.3. The van der Waals surface area contributed by atoms with Gasteiger partial charge in [-0.2, -0.15) is 0 Å². The van der Waals surface area contributed by atoms with Gasteiger partial charge in [0.1, 0.15) is 5.82 Å². The van der Waals surface area contributed by atoms with Crippen molar-refractivity contribution in [2.24, 2.45) is 0 Å². The number of carbonyl (C=O) groups excluding carboxylic acids is 1. The first-order chi connectivity index (χ1) is 15.9. The molecule has 1 aromatic heterocycles. The number of hydrogen-bond donors (Lipinski definition) is 1. The van der Waals surface area contributed by atoms with E-state index >= 15 is 0 Å². The zero-order chi connectivity index (χ0) is 23.8. The molecule has 0 unspecified atom stereocenters. The molecule has 2 N–H and O–H groups in total. The Bertz CT molecular complexity index is 971. The van der Waals surface area contributed by atoms with Crippen molar-refractivity contribution < 1.29 is 14.3 Å².